The number of hydrogen-bond donors (Lipinski definition) is 2. The Kier molecular flexibility index (Phi) is 7.90. The lowest BCUT2D eigenvalue weighted by Crippen LogP contribution is -2.57. The minimum absolute atomic E-state index is 0.0120. The van der Waals surface area contributed by atoms with Crippen molar-refractivity contribution >= 4 is 29.1 Å². The van der Waals surface area contributed by atoms with Gasteiger partial charge in [0.2, 0.25) is 22.5 Å². The van der Waals surface area contributed by atoms with E-state index in [0.717, 1.165) is 0 Å². The number of ether oxygens (including phenoxy) is 6. The van der Waals surface area contributed by atoms with E-state index in [2.05, 4.69) is 10.3 Å². The molecule has 0 atom stereocenters. The van der Waals surface area contributed by atoms with Crippen LogP contribution >= 0.6 is 12.2 Å². The normalized spacial score (nSPS) is 14.5. The highest BCUT2D eigenvalue weighted by Gasteiger charge is 2.46. The molecule has 188 valence electrons. The lowest BCUT2D eigenvalue weighted by Gasteiger charge is -2.35. The van der Waals surface area contributed by atoms with E-state index in [4.69, 9.17) is 46.4 Å². The molecule has 0 unspecified atom stereocenters. The van der Waals surface area contributed by atoms with Crippen LogP contribution in [-0.4, -0.2) is 59.5 Å². The van der Waals surface area contributed by atoms with E-state index in [1.54, 1.807) is 24.3 Å². The van der Waals surface area contributed by atoms with Crippen molar-refractivity contribution in [3.05, 3.63) is 35.4 Å². The van der Waals surface area contributed by atoms with Gasteiger partial charge in [-0.25, -0.2) is 4.99 Å². The van der Waals surface area contributed by atoms with Gasteiger partial charge in [0.1, 0.15) is 11.3 Å². The summed E-state index contributed by atoms with van der Waals surface area (Å²) in [6.07, 6.45) is 0.342. The lowest BCUT2D eigenvalue weighted by molar-refractivity contribution is -0.126. The largest absolute Gasteiger partial charge is 0.493 e. The van der Waals surface area contributed by atoms with E-state index in [9.17, 15) is 4.79 Å². The van der Waals surface area contributed by atoms with E-state index in [-0.39, 0.29) is 29.7 Å². The van der Waals surface area contributed by atoms with Crippen molar-refractivity contribution in [3.63, 3.8) is 0 Å². The average molecular weight is 504 g/mol. The summed E-state index contributed by atoms with van der Waals surface area (Å²) in [6, 6.07) is 7.08. The molecule has 0 aromatic heterocycles. The Morgan fingerprint density at radius 3 is 1.43 bits per heavy atom. The number of nitrogens with two attached hydrogens (primary N) is 1. The van der Waals surface area contributed by atoms with Gasteiger partial charge in [-0.2, -0.15) is 0 Å². The number of amidine groups is 1. The van der Waals surface area contributed by atoms with Crippen LogP contribution in [0.15, 0.2) is 29.3 Å². The maximum Gasteiger partial charge on any atom is 0.240 e. The van der Waals surface area contributed by atoms with Gasteiger partial charge in [-0.1, -0.05) is 0 Å². The SMILES string of the molecule is COc1cc(CC2(Cc3cc(OC)c(OC)c(OC)c3)C(=O)NC(=S)N=C2N)cc(OC)c1OC. The first kappa shape index (κ1) is 25.9. The quantitative estimate of drug-likeness (QED) is 0.470. The first-order valence-electron chi connectivity index (χ1n) is 10.5. The summed E-state index contributed by atoms with van der Waals surface area (Å²) < 4.78 is 32.8. The summed E-state index contributed by atoms with van der Waals surface area (Å²) in [6.45, 7) is 0. The van der Waals surface area contributed by atoms with Gasteiger partial charge in [-0.05, 0) is 60.5 Å². The number of amides is 1. The van der Waals surface area contributed by atoms with Gasteiger partial charge in [-0.3, -0.25) is 4.79 Å². The summed E-state index contributed by atoms with van der Waals surface area (Å²) in [4.78, 5) is 17.7. The zero-order valence-corrected chi connectivity index (χ0v) is 21.3. The Morgan fingerprint density at radius 2 is 1.14 bits per heavy atom. The fourth-order valence-electron chi connectivity index (χ4n) is 4.15. The van der Waals surface area contributed by atoms with Gasteiger partial charge in [0.15, 0.2) is 23.0 Å². The van der Waals surface area contributed by atoms with E-state index < -0.39 is 5.41 Å². The molecule has 1 aliphatic rings. The van der Waals surface area contributed by atoms with Crippen LogP contribution in [0, 0.1) is 5.41 Å². The Morgan fingerprint density at radius 1 is 0.771 bits per heavy atom. The molecule has 35 heavy (non-hydrogen) atoms. The molecule has 3 N–H and O–H groups in total. The summed E-state index contributed by atoms with van der Waals surface area (Å²) in [5.74, 6) is 2.39. The average Bonchev–Trinajstić information content (AvgIpc) is 2.85. The second kappa shape index (κ2) is 10.7. The molecule has 1 amide bonds. The molecule has 0 saturated heterocycles. The number of nitrogens with zero attached hydrogens (tertiary/aromatic N) is 1. The maximum atomic E-state index is 13.5. The van der Waals surface area contributed by atoms with Gasteiger partial charge in [0.25, 0.3) is 0 Å². The second-order valence-corrected chi connectivity index (χ2v) is 8.15. The maximum absolute atomic E-state index is 13.5. The van der Waals surface area contributed by atoms with Gasteiger partial charge in [0, 0.05) is 0 Å². The number of carbonyl (C=O) groups is 1. The minimum Gasteiger partial charge on any atom is -0.493 e. The van der Waals surface area contributed by atoms with Crippen molar-refractivity contribution in [3.8, 4) is 34.5 Å². The van der Waals surface area contributed by atoms with E-state index >= 15 is 0 Å². The second-order valence-electron chi connectivity index (χ2n) is 7.76. The molecule has 1 aliphatic heterocycles. The van der Waals surface area contributed by atoms with Gasteiger partial charge in [0.05, 0.1) is 42.7 Å². The summed E-state index contributed by atoms with van der Waals surface area (Å²) in [7, 11) is 9.13. The van der Waals surface area contributed by atoms with Crippen molar-refractivity contribution < 1.29 is 33.2 Å². The van der Waals surface area contributed by atoms with Crippen LogP contribution in [0.2, 0.25) is 0 Å². The number of hydrogen-bond acceptors (Lipinski definition) is 9. The number of methoxy groups -OCH3 is 6. The number of nitrogens with one attached hydrogen (secondary N) is 1. The summed E-state index contributed by atoms with van der Waals surface area (Å²) in [5, 5.41) is 2.66. The molecule has 0 aliphatic carbocycles. The van der Waals surface area contributed by atoms with Crippen LogP contribution in [0.4, 0.5) is 0 Å². The molecule has 1 heterocycles. The zero-order chi connectivity index (χ0) is 25.8. The Balaban J connectivity index is 2.17. The fraction of sp³-hybridized carbons (Fsp3) is 0.375. The van der Waals surface area contributed by atoms with E-state index in [0.29, 0.717) is 45.6 Å². The van der Waals surface area contributed by atoms with E-state index in [1.807, 2.05) is 0 Å². The summed E-state index contributed by atoms with van der Waals surface area (Å²) >= 11 is 5.10. The molecule has 11 heteroatoms. The molecule has 2 aromatic rings. The highest BCUT2D eigenvalue weighted by Crippen LogP contribution is 2.43. The smallest absolute Gasteiger partial charge is 0.240 e. The third kappa shape index (κ3) is 4.90. The molecule has 0 fully saturated rings. The third-order valence-electron chi connectivity index (χ3n) is 5.83. The fourth-order valence-corrected chi connectivity index (χ4v) is 4.34. The highest BCUT2D eigenvalue weighted by molar-refractivity contribution is 7.80. The predicted molar refractivity (Wildman–Crippen MR) is 134 cm³/mol. The minimum atomic E-state index is -1.28. The first-order valence-corrected chi connectivity index (χ1v) is 11.0. The van der Waals surface area contributed by atoms with Crippen LogP contribution in [0.5, 0.6) is 34.5 Å². The van der Waals surface area contributed by atoms with Crippen molar-refractivity contribution in [1.29, 1.82) is 0 Å². The molecule has 10 nitrogen and oxygen atoms in total. The number of thiocarbonyl (C=S) groups is 1. The highest BCUT2D eigenvalue weighted by atomic mass is 32.1. The number of rotatable bonds is 10. The van der Waals surface area contributed by atoms with Gasteiger partial charge < -0.3 is 39.5 Å². The van der Waals surface area contributed by atoms with Crippen LogP contribution in [0.25, 0.3) is 0 Å². The molecular formula is C24H29N3O7S. The van der Waals surface area contributed by atoms with Crippen molar-refractivity contribution in [2.45, 2.75) is 12.8 Å². The molecular weight excluding hydrogens is 474 g/mol. The number of benzene rings is 2. The lowest BCUT2D eigenvalue weighted by atomic mass is 9.73. The van der Waals surface area contributed by atoms with Crippen molar-refractivity contribution in [2.75, 3.05) is 42.7 Å². The molecule has 0 radical (unpaired) electrons. The monoisotopic (exact) mass is 503 g/mol. The molecule has 0 saturated carbocycles. The number of carbonyl (C=O) groups excluding carboxylic acids is 1. The van der Waals surface area contributed by atoms with Gasteiger partial charge >= 0.3 is 0 Å². The molecule has 3 rings (SSSR count). The van der Waals surface area contributed by atoms with Crippen molar-refractivity contribution in [1.82, 2.24) is 5.32 Å². The third-order valence-corrected chi connectivity index (χ3v) is 6.02. The Hall–Kier alpha value is -3.73. The predicted octanol–water partition coefficient (Wildman–Crippen LogP) is 2.28. The first-order chi connectivity index (χ1) is 16.8. The molecule has 2 aromatic carbocycles. The molecule has 0 spiro atoms. The molecule has 0 bridgehead atoms. The Labute approximate surface area is 209 Å². The van der Waals surface area contributed by atoms with Gasteiger partial charge in [-0.15, -0.1) is 0 Å². The number of aliphatic imine (C=N–C) groups is 1. The standard InChI is InChI=1S/C24H29N3O7S/c1-29-15-7-13(8-16(30-2)19(15)33-5)11-24(21(25)26-23(35)27-22(24)28)12-14-9-17(31-3)20(34-6)18(10-14)32-4/h7-10H,11-12H2,1-6H3,(H3,25,26,27,28,35). The van der Waals surface area contributed by atoms with E-state index in [1.165, 1.54) is 42.7 Å². The van der Waals surface area contributed by atoms with Crippen LogP contribution in [0.1, 0.15) is 11.1 Å². The van der Waals surface area contributed by atoms with Crippen molar-refractivity contribution in [2.24, 2.45) is 16.1 Å². The van der Waals surface area contributed by atoms with Crippen LogP contribution in [-0.2, 0) is 17.6 Å². The van der Waals surface area contributed by atoms with Crippen LogP contribution in [0.3, 0.4) is 0 Å². The topological polar surface area (TPSA) is 123 Å². The van der Waals surface area contributed by atoms with Crippen LogP contribution < -0.4 is 39.5 Å². The zero-order valence-electron chi connectivity index (χ0n) is 20.5. The summed E-state index contributed by atoms with van der Waals surface area (Å²) in [5.41, 5.74) is 6.56. The Bertz CT molecular complexity index is 1050.